The summed E-state index contributed by atoms with van der Waals surface area (Å²) in [6.07, 6.45) is 2.52. The molecule has 8 nitrogen and oxygen atoms in total. The van der Waals surface area contributed by atoms with Crippen molar-refractivity contribution in [1.29, 1.82) is 0 Å². The zero-order valence-corrected chi connectivity index (χ0v) is 16.1. The second-order valence-corrected chi connectivity index (χ2v) is 6.47. The lowest BCUT2D eigenvalue weighted by Crippen LogP contribution is -2.27. The molecule has 27 heavy (non-hydrogen) atoms. The average molecular weight is 389 g/mol. The molecule has 0 aliphatic heterocycles. The van der Waals surface area contributed by atoms with Gasteiger partial charge in [0, 0.05) is 24.1 Å². The van der Waals surface area contributed by atoms with Crippen molar-refractivity contribution >= 4 is 17.5 Å². The van der Waals surface area contributed by atoms with Gasteiger partial charge < -0.3 is 10.1 Å². The first-order chi connectivity index (χ1) is 13.0. The molecule has 3 rings (SSSR count). The molecular weight excluding hydrogens is 368 g/mol. The van der Waals surface area contributed by atoms with Crippen LogP contribution < -0.4 is 10.1 Å². The topological polar surface area (TPSA) is 97.7 Å². The van der Waals surface area contributed by atoms with Crippen LogP contribution in [0.2, 0.25) is 5.28 Å². The van der Waals surface area contributed by atoms with Crippen molar-refractivity contribution in [1.82, 2.24) is 30.3 Å². The van der Waals surface area contributed by atoms with Gasteiger partial charge >= 0.3 is 0 Å². The molecule has 0 aliphatic rings. The van der Waals surface area contributed by atoms with Gasteiger partial charge in [0.05, 0.1) is 25.0 Å². The smallest absolute Gasteiger partial charge is 0.242 e. The Morgan fingerprint density at radius 2 is 2.11 bits per heavy atom. The van der Waals surface area contributed by atoms with E-state index in [4.69, 9.17) is 16.3 Å². The minimum Gasteiger partial charge on any atom is -0.497 e. The van der Waals surface area contributed by atoms with Gasteiger partial charge in [-0.3, -0.25) is 9.89 Å². The second kappa shape index (κ2) is 8.22. The number of rotatable bonds is 7. The highest BCUT2D eigenvalue weighted by atomic mass is 35.5. The Balaban J connectivity index is 1.63. The van der Waals surface area contributed by atoms with Gasteiger partial charge in [-0.05, 0) is 49.7 Å². The fraction of sp³-hybridized carbons (Fsp3) is 0.333. The lowest BCUT2D eigenvalue weighted by molar-refractivity contribution is -0.121. The molecule has 0 spiro atoms. The Kier molecular flexibility index (Phi) is 5.75. The van der Waals surface area contributed by atoms with Crippen molar-refractivity contribution in [3.8, 4) is 11.4 Å². The highest BCUT2D eigenvalue weighted by Crippen LogP contribution is 2.21. The summed E-state index contributed by atoms with van der Waals surface area (Å²) in [6.45, 7) is 3.91. The predicted molar refractivity (Wildman–Crippen MR) is 101 cm³/mol. The lowest BCUT2D eigenvalue weighted by Gasteiger charge is -2.14. The molecule has 3 aromatic rings. The van der Waals surface area contributed by atoms with Crippen LogP contribution >= 0.6 is 11.6 Å². The molecule has 0 fully saturated rings. The summed E-state index contributed by atoms with van der Waals surface area (Å²) in [4.78, 5) is 16.2. The molecule has 0 aliphatic carbocycles. The molecule has 1 atom stereocenters. The SMILES string of the molecule is COc1ccc(-n2ncc([C@H](C)NC(=O)CCc3nc(Cl)n[nH]3)c2C)cc1. The summed E-state index contributed by atoms with van der Waals surface area (Å²) >= 11 is 5.66. The summed E-state index contributed by atoms with van der Waals surface area (Å²) in [7, 11) is 1.63. The van der Waals surface area contributed by atoms with E-state index in [1.807, 2.05) is 42.8 Å². The van der Waals surface area contributed by atoms with E-state index in [9.17, 15) is 4.79 Å². The molecule has 0 saturated carbocycles. The molecule has 1 aromatic carbocycles. The molecule has 0 radical (unpaired) electrons. The normalized spacial score (nSPS) is 12.0. The largest absolute Gasteiger partial charge is 0.497 e. The van der Waals surface area contributed by atoms with Crippen molar-refractivity contribution in [2.24, 2.45) is 0 Å². The maximum Gasteiger partial charge on any atom is 0.242 e. The quantitative estimate of drug-likeness (QED) is 0.648. The first-order valence-electron chi connectivity index (χ1n) is 8.53. The highest BCUT2D eigenvalue weighted by Gasteiger charge is 2.16. The van der Waals surface area contributed by atoms with Gasteiger partial charge in [-0.1, -0.05) is 0 Å². The first kappa shape index (κ1) is 18.9. The molecule has 142 valence electrons. The number of amides is 1. The maximum absolute atomic E-state index is 12.2. The number of ether oxygens (including phenoxy) is 1. The number of aromatic nitrogens is 5. The van der Waals surface area contributed by atoms with Gasteiger partial charge in [0.1, 0.15) is 11.6 Å². The Bertz CT molecular complexity index is 918. The molecule has 9 heteroatoms. The van der Waals surface area contributed by atoms with Gasteiger partial charge in [0.2, 0.25) is 11.2 Å². The van der Waals surface area contributed by atoms with E-state index in [2.05, 4.69) is 25.6 Å². The van der Waals surface area contributed by atoms with Crippen molar-refractivity contribution < 1.29 is 9.53 Å². The van der Waals surface area contributed by atoms with Crippen molar-refractivity contribution in [3.63, 3.8) is 0 Å². The number of aryl methyl sites for hydroxylation is 1. The summed E-state index contributed by atoms with van der Waals surface area (Å²) in [6, 6.07) is 7.49. The number of nitrogens with zero attached hydrogens (tertiary/aromatic N) is 4. The summed E-state index contributed by atoms with van der Waals surface area (Å²) in [5.41, 5.74) is 2.86. The van der Waals surface area contributed by atoms with E-state index < -0.39 is 0 Å². The van der Waals surface area contributed by atoms with Gasteiger partial charge in [0.25, 0.3) is 0 Å². The summed E-state index contributed by atoms with van der Waals surface area (Å²) < 4.78 is 7.02. The number of hydrogen-bond acceptors (Lipinski definition) is 5. The molecule has 0 unspecified atom stereocenters. The zero-order chi connectivity index (χ0) is 19.4. The minimum atomic E-state index is -0.164. The number of H-pyrrole nitrogens is 1. The van der Waals surface area contributed by atoms with Crippen LogP contribution in [0.1, 0.15) is 36.5 Å². The van der Waals surface area contributed by atoms with Crippen molar-refractivity contribution in [3.05, 3.63) is 52.8 Å². The highest BCUT2D eigenvalue weighted by molar-refractivity contribution is 6.28. The molecule has 0 saturated heterocycles. The lowest BCUT2D eigenvalue weighted by atomic mass is 10.1. The monoisotopic (exact) mass is 388 g/mol. The third kappa shape index (κ3) is 4.46. The van der Waals surface area contributed by atoms with Gasteiger partial charge in [-0.2, -0.15) is 5.10 Å². The number of aromatic amines is 1. The first-order valence-corrected chi connectivity index (χ1v) is 8.91. The number of hydrogen-bond donors (Lipinski definition) is 2. The standard InChI is InChI=1S/C18H21ClN6O2/c1-11(21-17(26)9-8-16-22-18(19)24-23-16)15-10-20-25(12(15)2)13-4-6-14(27-3)7-5-13/h4-7,10-11H,8-9H2,1-3H3,(H,21,26)(H,22,23,24)/t11-/m0/s1. The Morgan fingerprint density at radius 3 is 2.74 bits per heavy atom. The van der Waals surface area contributed by atoms with Gasteiger partial charge in [-0.25, -0.2) is 9.67 Å². The Labute approximate surface area is 161 Å². The van der Waals surface area contributed by atoms with Crippen LogP contribution in [0.3, 0.4) is 0 Å². The fourth-order valence-corrected chi connectivity index (χ4v) is 2.98. The molecule has 2 aromatic heterocycles. The third-order valence-electron chi connectivity index (χ3n) is 4.30. The predicted octanol–water partition coefficient (Wildman–Crippen LogP) is 2.77. The van der Waals surface area contributed by atoms with Crippen LogP contribution in [-0.4, -0.2) is 38.0 Å². The van der Waals surface area contributed by atoms with Gasteiger partial charge in [-0.15, -0.1) is 5.10 Å². The van der Waals surface area contributed by atoms with Crippen LogP contribution in [0.25, 0.3) is 5.69 Å². The molecule has 2 heterocycles. The van der Waals surface area contributed by atoms with E-state index in [0.717, 1.165) is 22.7 Å². The van der Waals surface area contributed by atoms with Gasteiger partial charge in [0.15, 0.2) is 0 Å². The molecular formula is C18H21ClN6O2. The Hall–Kier alpha value is -2.87. The maximum atomic E-state index is 12.2. The van der Waals surface area contributed by atoms with Crippen molar-refractivity contribution in [2.75, 3.05) is 7.11 Å². The van der Waals surface area contributed by atoms with Crippen molar-refractivity contribution in [2.45, 2.75) is 32.7 Å². The van der Waals surface area contributed by atoms with Crippen LogP contribution in [0, 0.1) is 6.92 Å². The molecule has 2 N–H and O–H groups in total. The second-order valence-electron chi connectivity index (χ2n) is 6.14. The number of carbonyl (C=O) groups is 1. The van der Waals surface area contributed by atoms with E-state index in [0.29, 0.717) is 18.7 Å². The number of methoxy groups -OCH3 is 1. The fourth-order valence-electron chi connectivity index (χ4n) is 2.84. The Morgan fingerprint density at radius 1 is 1.37 bits per heavy atom. The average Bonchev–Trinajstić information content (AvgIpc) is 3.25. The summed E-state index contributed by atoms with van der Waals surface area (Å²) in [5, 5.41) is 14.0. The van der Waals surface area contributed by atoms with E-state index >= 15 is 0 Å². The van der Waals surface area contributed by atoms with Crippen LogP contribution in [0.5, 0.6) is 5.75 Å². The van der Waals surface area contributed by atoms with E-state index in [-0.39, 0.29) is 17.2 Å². The molecule has 1 amide bonds. The summed E-state index contributed by atoms with van der Waals surface area (Å²) in [5.74, 6) is 1.30. The number of nitrogens with one attached hydrogen (secondary N) is 2. The number of benzene rings is 1. The van der Waals surface area contributed by atoms with Crippen LogP contribution in [0.15, 0.2) is 30.5 Å². The third-order valence-corrected chi connectivity index (χ3v) is 4.47. The zero-order valence-electron chi connectivity index (χ0n) is 15.4. The number of halogens is 1. The molecule has 0 bridgehead atoms. The van der Waals surface area contributed by atoms with Crippen LogP contribution in [0.4, 0.5) is 0 Å². The van der Waals surface area contributed by atoms with E-state index in [1.54, 1.807) is 13.3 Å². The van der Waals surface area contributed by atoms with Crippen LogP contribution in [-0.2, 0) is 11.2 Å². The minimum absolute atomic E-state index is 0.0772. The number of carbonyl (C=O) groups excluding carboxylic acids is 1. The van der Waals surface area contributed by atoms with E-state index in [1.165, 1.54) is 0 Å².